The van der Waals surface area contributed by atoms with Crippen molar-refractivity contribution in [2.75, 3.05) is 13.6 Å². The molecule has 1 heterocycles. The van der Waals surface area contributed by atoms with E-state index in [2.05, 4.69) is 5.32 Å². The van der Waals surface area contributed by atoms with E-state index in [0.717, 1.165) is 5.56 Å². The molecule has 0 aromatic carbocycles. The van der Waals surface area contributed by atoms with Gasteiger partial charge in [-0.1, -0.05) is 0 Å². The predicted molar refractivity (Wildman–Crippen MR) is 66.5 cm³/mol. The average Bonchev–Trinajstić information content (AvgIpc) is 2.76. The van der Waals surface area contributed by atoms with Crippen LogP contribution < -0.4 is 5.32 Å². The summed E-state index contributed by atoms with van der Waals surface area (Å²) in [5, 5.41) is 20.8. The van der Waals surface area contributed by atoms with Crippen LogP contribution in [0.25, 0.3) is 0 Å². The number of amides is 2. The summed E-state index contributed by atoms with van der Waals surface area (Å²) in [5.41, 5.74) is -0.632. The second-order valence-corrected chi connectivity index (χ2v) is 4.71. The van der Waals surface area contributed by atoms with Gasteiger partial charge in [0.05, 0.1) is 31.1 Å². The molecule has 2 amide bonds. The Morgan fingerprint density at radius 3 is 2.74 bits per heavy atom. The average molecular weight is 270 g/mol. The van der Waals surface area contributed by atoms with Gasteiger partial charge in [-0.25, -0.2) is 4.79 Å². The molecule has 1 rings (SSSR count). The van der Waals surface area contributed by atoms with Gasteiger partial charge >= 0.3 is 12.0 Å². The lowest BCUT2D eigenvalue weighted by atomic mass is 10.0. The molecule has 0 radical (unpaired) electrons. The number of aliphatic carboxylic acids is 1. The molecule has 19 heavy (non-hydrogen) atoms. The summed E-state index contributed by atoms with van der Waals surface area (Å²) in [7, 11) is 1.59. The van der Waals surface area contributed by atoms with Crippen molar-refractivity contribution in [3.8, 4) is 0 Å². The zero-order valence-electron chi connectivity index (χ0n) is 10.9. The van der Waals surface area contributed by atoms with Crippen molar-refractivity contribution >= 4 is 12.0 Å². The molecule has 7 heteroatoms. The van der Waals surface area contributed by atoms with Crippen molar-refractivity contribution < 1.29 is 24.2 Å². The molecule has 1 atom stereocenters. The summed E-state index contributed by atoms with van der Waals surface area (Å²) in [6, 6.07) is 1.34. The molecule has 3 N–H and O–H groups in total. The van der Waals surface area contributed by atoms with Crippen LogP contribution in [0.3, 0.4) is 0 Å². The van der Waals surface area contributed by atoms with E-state index in [-0.39, 0.29) is 6.54 Å². The molecular weight excluding hydrogens is 252 g/mol. The van der Waals surface area contributed by atoms with Gasteiger partial charge in [0.15, 0.2) is 0 Å². The fourth-order valence-corrected chi connectivity index (χ4v) is 1.52. The van der Waals surface area contributed by atoms with E-state index in [9.17, 15) is 14.7 Å². The van der Waals surface area contributed by atoms with Crippen molar-refractivity contribution in [3.05, 3.63) is 24.2 Å². The summed E-state index contributed by atoms with van der Waals surface area (Å²) in [6.45, 7) is 1.59. The number of carbonyl (C=O) groups is 2. The molecule has 0 aliphatic rings. The Kier molecular flexibility index (Phi) is 4.94. The van der Waals surface area contributed by atoms with Gasteiger partial charge in [-0.2, -0.15) is 0 Å². The Bertz CT molecular complexity index is 427. The first-order valence-corrected chi connectivity index (χ1v) is 5.74. The van der Waals surface area contributed by atoms with Crippen molar-refractivity contribution in [2.45, 2.75) is 25.5 Å². The van der Waals surface area contributed by atoms with Gasteiger partial charge in [-0.05, 0) is 13.0 Å². The highest BCUT2D eigenvalue weighted by molar-refractivity contribution is 5.74. The Hall–Kier alpha value is -2.02. The maximum Gasteiger partial charge on any atom is 0.317 e. The number of nitrogens with one attached hydrogen (secondary N) is 1. The summed E-state index contributed by atoms with van der Waals surface area (Å²) >= 11 is 0. The Balaban J connectivity index is 2.40. The molecule has 0 aliphatic carbocycles. The van der Waals surface area contributed by atoms with Gasteiger partial charge in [-0.3, -0.25) is 4.79 Å². The first-order valence-electron chi connectivity index (χ1n) is 5.74. The van der Waals surface area contributed by atoms with E-state index in [0.29, 0.717) is 6.54 Å². The first-order chi connectivity index (χ1) is 8.80. The second kappa shape index (κ2) is 6.24. The SMILES string of the molecule is CN(Cc1ccoc1)C(=O)NCC(C)(O)CC(=O)O. The zero-order chi connectivity index (χ0) is 14.5. The molecule has 0 aliphatic heterocycles. The maximum atomic E-state index is 11.7. The Morgan fingerprint density at radius 2 is 2.21 bits per heavy atom. The highest BCUT2D eigenvalue weighted by Gasteiger charge is 2.25. The van der Waals surface area contributed by atoms with Gasteiger partial charge in [0.2, 0.25) is 0 Å². The zero-order valence-corrected chi connectivity index (χ0v) is 10.9. The number of hydrogen-bond acceptors (Lipinski definition) is 4. The van der Waals surface area contributed by atoms with Crippen LogP contribution in [0, 0.1) is 0 Å². The predicted octanol–water partition coefficient (Wildman–Crippen LogP) is 0.647. The number of carbonyl (C=O) groups excluding carboxylic acids is 1. The van der Waals surface area contributed by atoms with E-state index in [1.807, 2.05) is 0 Å². The molecule has 106 valence electrons. The molecule has 1 unspecified atom stereocenters. The van der Waals surface area contributed by atoms with Crippen molar-refractivity contribution in [1.29, 1.82) is 0 Å². The Morgan fingerprint density at radius 1 is 1.53 bits per heavy atom. The smallest absolute Gasteiger partial charge is 0.317 e. The van der Waals surface area contributed by atoms with E-state index >= 15 is 0 Å². The molecule has 0 fully saturated rings. The van der Waals surface area contributed by atoms with Gasteiger partial charge in [-0.15, -0.1) is 0 Å². The van der Waals surface area contributed by atoms with Gasteiger partial charge in [0, 0.05) is 19.2 Å². The fraction of sp³-hybridized carbons (Fsp3) is 0.500. The molecule has 0 bridgehead atoms. The molecule has 7 nitrogen and oxygen atoms in total. The van der Waals surface area contributed by atoms with E-state index < -0.39 is 24.0 Å². The van der Waals surface area contributed by atoms with Crippen LogP contribution in [0.5, 0.6) is 0 Å². The number of nitrogens with zero attached hydrogens (tertiary/aromatic N) is 1. The molecule has 0 saturated carbocycles. The second-order valence-electron chi connectivity index (χ2n) is 4.71. The van der Waals surface area contributed by atoms with Gasteiger partial charge < -0.3 is 24.8 Å². The quantitative estimate of drug-likeness (QED) is 0.704. The lowest BCUT2D eigenvalue weighted by molar-refractivity contribution is -0.141. The van der Waals surface area contributed by atoms with Crippen LogP contribution in [-0.2, 0) is 11.3 Å². The van der Waals surface area contributed by atoms with Crippen LogP contribution in [0.15, 0.2) is 23.0 Å². The number of aliphatic hydroxyl groups is 1. The topological polar surface area (TPSA) is 103 Å². The maximum absolute atomic E-state index is 11.7. The normalized spacial score (nSPS) is 13.6. The van der Waals surface area contributed by atoms with E-state index in [1.165, 1.54) is 24.3 Å². The summed E-state index contributed by atoms with van der Waals surface area (Å²) in [5.74, 6) is -1.12. The van der Waals surface area contributed by atoms with Crippen LogP contribution in [-0.4, -0.2) is 46.3 Å². The number of furan rings is 1. The molecule has 1 aromatic rings. The lowest BCUT2D eigenvalue weighted by Crippen LogP contribution is -2.46. The molecular formula is C12H18N2O5. The third-order valence-electron chi connectivity index (χ3n) is 2.50. The van der Waals surface area contributed by atoms with Gasteiger partial charge in [0.25, 0.3) is 0 Å². The van der Waals surface area contributed by atoms with Crippen LogP contribution in [0.4, 0.5) is 4.79 Å². The Labute approximate surface area is 110 Å². The summed E-state index contributed by atoms with van der Waals surface area (Å²) in [4.78, 5) is 23.6. The number of rotatable bonds is 6. The number of hydrogen-bond donors (Lipinski definition) is 3. The van der Waals surface area contributed by atoms with Crippen LogP contribution in [0.2, 0.25) is 0 Å². The third-order valence-corrected chi connectivity index (χ3v) is 2.50. The minimum atomic E-state index is -1.47. The van der Waals surface area contributed by atoms with Crippen molar-refractivity contribution in [1.82, 2.24) is 10.2 Å². The highest BCUT2D eigenvalue weighted by atomic mass is 16.4. The molecule has 0 saturated heterocycles. The number of carboxylic acids is 1. The van der Waals surface area contributed by atoms with Crippen molar-refractivity contribution in [3.63, 3.8) is 0 Å². The van der Waals surface area contributed by atoms with Gasteiger partial charge in [0.1, 0.15) is 0 Å². The third kappa shape index (κ3) is 5.43. The summed E-state index contributed by atoms with van der Waals surface area (Å²) in [6.07, 6.45) is 2.61. The standard InChI is InChI=1S/C12H18N2O5/c1-12(18,5-10(15)16)8-13-11(17)14(2)6-9-3-4-19-7-9/h3-4,7,18H,5-6,8H2,1-2H3,(H,13,17)(H,15,16). The monoisotopic (exact) mass is 270 g/mol. The minimum absolute atomic E-state index is 0.131. The van der Waals surface area contributed by atoms with Crippen LogP contribution in [0.1, 0.15) is 18.9 Å². The lowest BCUT2D eigenvalue weighted by Gasteiger charge is -2.24. The van der Waals surface area contributed by atoms with Crippen molar-refractivity contribution in [2.24, 2.45) is 0 Å². The number of carboxylic acid groups (broad SMARTS) is 1. The molecule has 0 spiro atoms. The van der Waals surface area contributed by atoms with E-state index in [4.69, 9.17) is 9.52 Å². The largest absolute Gasteiger partial charge is 0.481 e. The first kappa shape index (κ1) is 15.0. The van der Waals surface area contributed by atoms with E-state index in [1.54, 1.807) is 13.1 Å². The minimum Gasteiger partial charge on any atom is -0.481 e. The number of urea groups is 1. The summed E-state index contributed by atoms with van der Waals surface area (Å²) < 4.78 is 4.89. The highest BCUT2D eigenvalue weighted by Crippen LogP contribution is 2.08. The van der Waals surface area contributed by atoms with Crippen LogP contribution >= 0.6 is 0 Å². The molecule has 1 aromatic heterocycles. The fourth-order valence-electron chi connectivity index (χ4n) is 1.52.